The first-order chi connectivity index (χ1) is 9.19. The van der Waals surface area contributed by atoms with Gasteiger partial charge in [0.05, 0.1) is 6.61 Å². The standard InChI is InChI=1S/C15H23BrN2O/c1-12-9-13(4-5-15(12)16)10-18(7-8-19)11-14-3-2-6-17-14/h4-5,9,14,17,19H,2-3,6-8,10-11H2,1H3. The Balaban J connectivity index is 1.96. The van der Waals surface area contributed by atoms with Crippen LogP contribution < -0.4 is 5.32 Å². The third-order valence-electron chi connectivity index (χ3n) is 3.69. The zero-order valence-corrected chi connectivity index (χ0v) is 13.1. The highest BCUT2D eigenvalue weighted by Crippen LogP contribution is 2.18. The topological polar surface area (TPSA) is 35.5 Å². The molecule has 0 aliphatic carbocycles. The molecule has 0 spiro atoms. The van der Waals surface area contributed by atoms with Crippen molar-refractivity contribution in [3.8, 4) is 0 Å². The Kier molecular flexibility index (Phi) is 5.82. The number of nitrogens with one attached hydrogen (secondary N) is 1. The molecule has 0 aromatic heterocycles. The highest BCUT2D eigenvalue weighted by Gasteiger charge is 2.17. The van der Waals surface area contributed by atoms with Gasteiger partial charge in [0, 0.05) is 30.1 Å². The van der Waals surface area contributed by atoms with E-state index in [0.29, 0.717) is 6.04 Å². The minimum absolute atomic E-state index is 0.224. The van der Waals surface area contributed by atoms with Gasteiger partial charge >= 0.3 is 0 Å². The Labute approximate surface area is 124 Å². The molecule has 1 unspecified atom stereocenters. The normalized spacial score (nSPS) is 19.3. The average Bonchev–Trinajstić information content (AvgIpc) is 2.87. The van der Waals surface area contributed by atoms with Crippen molar-refractivity contribution in [1.29, 1.82) is 0 Å². The third-order valence-corrected chi connectivity index (χ3v) is 4.58. The SMILES string of the molecule is Cc1cc(CN(CCO)CC2CCCN2)ccc1Br. The minimum atomic E-state index is 0.224. The van der Waals surface area contributed by atoms with Gasteiger partial charge in [0.2, 0.25) is 0 Å². The molecule has 1 aliphatic rings. The smallest absolute Gasteiger partial charge is 0.0558 e. The molecule has 19 heavy (non-hydrogen) atoms. The summed E-state index contributed by atoms with van der Waals surface area (Å²) in [4.78, 5) is 2.34. The summed E-state index contributed by atoms with van der Waals surface area (Å²) < 4.78 is 1.16. The van der Waals surface area contributed by atoms with Crippen molar-refractivity contribution in [2.45, 2.75) is 32.4 Å². The van der Waals surface area contributed by atoms with Crippen LogP contribution in [0.15, 0.2) is 22.7 Å². The molecule has 0 amide bonds. The fourth-order valence-corrected chi connectivity index (χ4v) is 2.91. The van der Waals surface area contributed by atoms with Gasteiger partial charge in [-0.1, -0.05) is 28.1 Å². The van der Waals surface area contributed by atoms with E-state index in [1.807, 2.05) is 0 Å². The van der Waals surface area contributed by atoms with Gasteiger partial charge in [0.1, 0.15) is 0 Å². The number of benzene rings is 1. The van der Waals surface area contributed by atoms with E-state index in [1.54, 1.807) is 0 Å². The maximum Gasteiger partial charge on any atom is 0.0558 e. The van der Waals surface area contributed by atoms with Gasteiger partial charge in [-0.05, 0) is 43.5 Å². The number of rotatable bonds is 6. The van der Waals surface area contributed by atoms with E-state index in [0.717, 1.165) is 30.7 Å². The molecule has 1 aromatic rings. The molecule has 106 valence electrons. The molecule has 2 rings (SSSR count). The van der Waals surface area contributed by atoms with E-state index in [-0.39, 0.29) is 6.61 Å². The molecule has 3 nitrogen and oxygen atoms in total. The van der Waals surface area contributed by atoms with Crippen LogP contribution in [0.5, 0.6) is 0 Å². The molecule has 0 bridgehead atoms. The van der Waals surface area contributed by atoms with Crippen LogP contribution >= 0.6 is 15.9 Å². The first-order valence-corrected chi connectivity index (χ1v) is 7.80. The van der Waals surface area contributed by atoms with Crippen molar-refractivity contribution in [1.82, 2.24) is 10.2 Å². The quantitative estimate of drug-likeness (QED) is 0.842. The van der Waals surface area contributed by atoms with Gasteiger partial charge in [-0.2, -0.15) is 0 Å². The van der Waals surface area contributed by atoms with Crippen molar-refractivity contribution < 1.29 is 5.11 Å². The van der Waals surface area contributed by atoms with Crippen LogP contribution in [0, 0.1) is 6.92 Å². The second-order valence-electron chi connectivity index (χ2n) is 5.34. The summed E-state index contributed by atoms with van der Waals surface area (Å²) in [6.07, 6.45) is 2.52. The fraction of sp³-hybridized carbons (Fsp3) is 0.600. The van der Waals surface area contributed by atoms with E-state index in [9.17, 15) is 5.11 Å². The highest BCUT2D eigenvalue weighted by atomic mass is 79.9. The molecule has 1 aromatic carbocycles. The Morgan fingerprint density at radius 1 is 1.47 bits per heavy atom. The van der Waals surface area contributed by atoms with Crippen molar-refractivity contribution in [3.05, 3.63) is 33.8 Å². The van der Waals surface area contributed by atoms with Crippen LogP contribution in [0.4, 0.5) is 0 Å². The zero-order valence-electron chi connectivity index (χ0n) is 11.5. The van der Waals surface area contributed by atoms with Crippen LogP contribution in [-0.4, -0.2) is 42.3 Å². The number of hydrogen-bond acceptors (Lipinski definition) is 3. The second-order valence-corrected chi connectivity index (χ2v) is 6.19. The summed E-state index contributed by atoms with van der Waals surface area (Å²) in [6, 6.07) is 7.07. The summed E-state index contributed by atoms with van der Waals surface area (Å²) in [7, 11) is 0. The molecule has 1 fully saturated rings. The van der Waals surface area contributed by atoms with Crippen molar-refractivity contribution in [3.63, 3.8) is 0 Å². The maximum atomic E-state index is 9.22. The number of hydrogen-bond donors (Lipinski definition) is 2. The van der Waals surface area contributed by atoms with Crippen LogP contribution in [0.3, 0.4) is 0 Å². The largest absolute Gasteiger partial charge is 0.395 e. The summed E-state index contributed by atoms with van der Waals surface area (Å²) in [5, 5.41) is 12.7. The van der Waals surface area contributed by atoms with Crippen LogP contribution in [0.25, 0.3) is 0 Å². The number of aliphatic hydroxyl groups excluding tert-OH is 1. The summed E-state index contributed by atoms with van der Waals surface area (Å²) >= 11 is 3.53. The Hall–Kier alpha value is -0.420. The summed E-state index contributed by atoms with van der Waals surface area (Å²) in [5.41, 5.74) is 2.58. The Morgan fingerprint density at radius 2 is 2.32 bits per heavy atom. The molecule has 1 aliphatic heterocycles. The number of aliphatic hydroxyl groups is 1. The molecule has 1 saturated heterocycles. The molecule has 0 saturated carbocycles. The number of nitrogens with zero attached hydrogens (tertiary/aromatic N) is 1. The summed E-state index contributed by atoms with van der Waals surface area (Å²) in [5.74, 6) is 0. The second kappa shape index (κ2) is 7.39. The Bertz CT molecular complexity index is 405. The molecule has 4 heteroatoms. The predicted octanol–water partition coefficient (Wildman–Crippen LogP) is 2.30. The average molecular weight is 327 g/mol. The molecular formula is C15H23BrN2O. The lowest BCUT2D eigenvalue weighted by molar-refractivity contribution is 0.179. The van der Waals surface area contributed by atoms with E-state index in [4.69, 9.17) is 0 Å². The van der Waals surface area contributed by atoms with Crippen LogP contribution in [0.1, 0.15) is 24.0 Å². The van der Waals surface area contributed by atoms with E-state index < -0.39 is 0 Å². The zero-order chi connectivity index (χ0) is 13.7. The van der Waals surface area contributed by atoms with E-state index >= 15 is 0 Å². The minimum Gasteiger partial charge on any atom is -0.395 e. The lowest BCUT2D eigenvalue weighted by Gasteiger charge is -2.25. The van der Waals surface area contributed by atoms with Crippen molar-refractivity contribution >= 4 is 15.9 Å². The Morgan fingerprint density at radius 3 is 2.95 bits per heavy atom. The number of halogens is 1. The van der Waals surface area contributed by atoms with Crippen molar-refractivity contribution in [2.24, 2.45) is 0 Å². The van der Waals surface area contributed by atoms with Gasteiger partial charge < -0.3 is 10.4 Å². The van der Waals surface area contributed by atoms with Crippen LogP contribution in [-0.2, 0) is 6.54 Å². The molecule has 0 radical (unpaired) electrons. The maximum absolute atomic E-state index is 9.22. The van der Waals surface area contributed by atoms with Gasteiger partial charge in [0.15, 0.2) is 0 Å². The van der Waals surface area contributed by atoms with E-state index in [2.05, 4.69) is 51.3 Å². The third kappa shape index (κ3) is 4.56. The highest BCUT2D eigenvalue weighted by molar-refractivity contribution is 9.10. The molecule has 1 heterocycles. The van der Waals surface area contributed by atoms with E-state index in [1.165, 1.54) is 24.0 Å². The number of aryl methyl sites for hydroxylation is 1. The molecular weight excluding hydrogens is 304 g/mol. The monoisotopic (exact) mass is 326 g/mol. The summed E-state index contributed by atoms with van der Waals surface area (Å²) in [6.45, 7) is 6.15. The molecule has 1 atom stereocenters. The van der Waals surface area contributed by atoms with Gasteiger partial charge in [-0.25, -0.2) is 0 Å². The lowest BCUT2D eigenvalue weighted by atomic mass is 10.1. The van der Waals surface area contributed by atoms with Crippen LogP contribution in [0.2, 0.25) is 0 Å². The fourth-order valence-electron chi connectivity index (χ4n) is 2.66. The van der Waals surface area contributed by atoms with Crippen molar-refractivity contribution in [2.75, 3.05) is 26.2 Å². The predicted molar refractivity (Wildman–Crippen MR) is 82.3 cm³/mol. The van der Waals surface area contributed by atoms with Gasteiger partial charge in [-0.3, -0.25) is 4.90 Å². The van der Waals surface area contributed by atoms with Gasteiger partial charge in [-0.15, -0.1) is 0 Å². The molecule has 2 N–H and O–H groups in total. The van der Waals surface area contributed by atoms with Gasteiger partial charge in [0.25, 0.3) is 0 Å². The first kappa shape index (κ1) is 15.0. The lowest BCUT2D eigenvalue weighted by Crippen LogP contribution is -2.38. The first-order valence-electron chi connectivity index (χ1n) is 7.00.